The zero-order valence-electron chi connectivity index (χ0n) is 11.6. The molecule has 0 spiro atoms. The van der Waals surface area contributed by atoms with E-state index in [0.717, 1.165) is 5.92 Å². The van der Waals surface area contributed by atoms with Gasteiger partial charge in [0.1, 0.15) is 0 Å². The van der Waals surface area contributed by atoms with Crippen LogP contribution >= 0.6 is 0 Å². The van der Waals surface area contributed by atoms with Gasteiger partial charge in [0.15, 0.2) is 0 Å². The Balaban J connectivity index is 2.02. The molecule has 19 heavy (non-hydrogen) atoms. The summed E-state index contributed by atoms with van der Waals surface area (Å²) in [6, 6.07) is 17.9. The Morgan fingerprint density at radius 1 is 0.842 bits per heavy atom. The van der Waals surface area contributed by atoms with E-state index in [2.05, 4.69) is 62.4 Å². The summed E-state index contributed by atoms with van der Waals surface area (Å²) < 4.78 is 2.93. The molecule has 0 amide bonds. The Morgan fingerprint density at radius 3 is 1.74 bits per heavy atom. The van der Waals surface area contributed by atoms with Crippen molar-refractivity contribution in [3.8, 4) is 0 Å². The van der Waals surface area contributed by atoms with E-state index < -0.39 is 0 Å². The van der Waals surface area contributed by atoms with Crippen LogP contribution in [-0.4, -0.2) is 0 Å². The van der Waals surface area contributed by atoms with E-state index >= 15 is 0 Å². The van der Waals surface area contributed by atoms with E-state index in [1.165, 1.54) is 24.7 Å². The fourth-order valence-electron chi connectivity index (χ4n) is 1.96. The molecule has 0 heterocycles. The number of benzene rings is 2. The van der Waals surface area contributed by atoms with Crippen molar-refractivity contribution in [1.82, 2.24) is 0 Å². The first-order chi connectivity index (χ1) is 9.17. The maximum atomic E-state index is 5.62. The van der Waals surface area contributed by atoms with Gasteiger partial charge in [0, 0.05) is 0 Å². The average Bonchev–Trinajstić information content (AvgIpc) is 2.41. The molecule has 0 saturated heterocycles. The van der Waals surface area contributed by atoms with E-state index in [9.17, 15) is 0 Å². The van der Waals surface area contributed by atoms with Crippen molar-refractivity contribution in [2.24, 2.45) is 11.7 Å². The topological polar surface area (TPSA) is 26.0 Å². The van der Waals surface area contributed by atoms with Gasteiger partial charge < -0.3 is 0 Å². The number of nitrogens with two attached hydrogens (primary N) is 1. The van der Waals surface area contributed by atoms with Crippen LogP contribution in [0.2, 0.25) is 0 Å². The number of halogens is 1. The molecule has 2 aromatic rings. The maximum absolute atomic E-state index is 5.62. The van der Waals surface area contributed by atoms with Gasteiger partial charge >= 0.3 is 126 Å². The fraction of sp³-hybridized carbons (Fsp3) is 0.294. The van der Waals surface area contributed by atoms with Gasteiger partial charge in [-0.25, -0.2) is 0 Å². The first kappa shape index (κ1) is 14.5. The van der Waals surface area contributed by atoms with Crippen LogP contribution in [0.3, 0.4) is 0 Å². The molecule has 0 aliphatic heterocycles. The number of hydrogen-bond acceptors (Lipinski definition) is 1. The van der Waals surface area contributed by atoms with Gasteiger partial charge in [-0.15, -0.1) is 0 Å². The monoisotopic (exact) mass is 366 g/mol. The van der Waals surface area contributed by atoms with Crippen LogP contribution in [0.15, 0.2) is 48.5 Å². The molecular formula is C17H21IN-. The molecule has 2 N–H and O–H groups in total. The summed E-state index contributed by atoms with van der Waals surface area (Å²) >= 11 is -0.0640. The predicted octanol–water partition coefficient (Wildman–Crippen LogP) is 0.472. The van der Waals surface area contributed by atoms with Gasteiger partial charge in [0.25, 0.3) is 0 Å². The summed E-state index contributed by atoms with van der Waals surface area (Å²) in [5, 5.41) is 0. The van der Waals surface area contributed by atoms with Crippen molar-refractivity contribution in [3.05, 3.63) is 66.8 Å². The van der Waals surface area contributed by atoms with Crippen LogP contribution < -0.4 is 26.9 Å². The Labute approximate surface area is 126 Å². The van der Waals surface area contributed by atoms with Crippen LogP contribution in [0, 0.1) is 13.1 Å². The minimum absolute atomic E-state index is 0.0640. The molecule has 2 rings (SSSR count). The Morgan fingerprint density at radius 2 is 1.32 bits per heavy atom. The number of rotatable bonds is 5. The molecule has 0 unspecified atom stereocenters. The summed E-state index contributed by atoms with van der Waals surface area (Å²) in [5.41, 5.74) is 8.27. The molecule has 2 aromatic carbocycles. The fourth-order valence-corrected chi connectivity index (χ4v) is 4.12. The molecule has 102 valence electrons. The van der Waals surface area contributed by atoms with Crippen LogP contribution in [0.1, 0.15) is 25.0 Å². The van der Waals surface area contributed by atoms with Gasteiger partial charge in [-0.05, 0) is 0 Å². The van der Waals surface area contributed by atoms with Crippen molar-refractivity contribution in [1.29, 1.82) is 0 Å². The SMILES string of the molecule is CC(C)Cc1ccc([I-]c2ccc(CN)cc2)cc1. The zero-order chi connectivity index (χ0) is 13.7. The van der Waals surface area contributed by atoms with E-state index in [4.69, 9.17) is 5.73 Å². The molecule has 0 atom stereocenters. The minimum atomic E-state index is -0.0640. The van der Waals surface area contributed by atoms with Crippen LogP contribution in [0.25, 0.3) is 0 Å². The van der Waals surface area contributed by atoms with E-state index in [-0.39, 0.29) is 21.2 Å². The average molecular weight is 366 g/mol. The van der Waals surface area contributed by atoms with E-state index in [0.29, 0.717) is 6.54 Å². The summed E-state index contributed by atoms with van der Waals surface area (Å²) in [6.45, 7) is 5.15. The standard InChI is InChI=1S/C17H21IN/c1-13(2)11-14-3-7-16(8-4-14)18-17-9-5-15(12-19)6-10-17/h3-10,13H,11-12,19H2,1-2H3/q-1. The van der Waals surface area contributed by atoms with Gasteiger partial charge in [-0.1, -0.05) is 0 Å². The molecule has 0 aliphatic carbocycles. The van der Waals surface area contributed by atoms with Crippen molar-refractivity contribution in [2.45, 2.75) is 26.8 Å². The first-order valence-corrected chi connectivity index (χ1v) is 8.86. The zero-order valence-corrected chi connectivity index (χ0v) is 13.7. The second kappa shape index (κ2) is 7.06. The van der Waals surface area contributed by atoms with Gasteiger partial charge in [-0.2, -0.15) is 0 Å². The molecule has 0 fully saturated rings. The van der Waals surface area contributed by atoms with Crippen molar-refractivity contribution in [3.63, 3.8) is 0 Å². The Hall–Kier alpha value is -0.870. The van der Waals surface area contributed by atoms with Crippen LogP contribution in [0.4, 0.5) is 0 Å². The van der Waals surface area contributed by atoms with Gasteiger partial charge in [-0.3, -0.25) is 0 Å². The van der Waals surface area contributed by atoms with Crippen molar-refractivity contribution in [2.75, 3.05) is 0 Å². The summed E-state index contributed by atoms with van der Waals surface area (Å²) in [4.78, 5) is 0. The Bertz CT molecular complexity index is 500. The third kappa shape index (κ3) is 4.62. The Kier molecular flexibility index (Phi) is 5.40. The van der Waals surface area contributed by atoms with Crippen LogP contribution in [0.5, 0.6) is 0 Å². The van der Waals surface area contributed by atoms with Crippen molar-refractivity contribution >= 4 is 0 Å². The van der Waals surface area contributed by atoms with Gasteiger partial charge in [0.05, 0.1) is 0 Å². The third-order valence-corrected chi connectivity index (χ3v) is 5.61. The molecule has 1 nitrogen and oxygen atoms in total. The molecule has 0 radical (unpaired) electrons. The van der Waals surface area contributed by atoms with Crippen LogP contribution in [-0.2, 0) is 13.0 Å². The second-order valence-corrected chi connectivity index (χ2v) is 8.18. The number of hydrogen-bond donors (Lipinski definition) is 1. The first-order valence-electron chi connectivity index (χ1n) is 6.70. The molecule has 0 aromatic heterocycles. The second-order valence-electron chi connectivity index (χ2n) is 5.15. The van der Waals surface area contributed by atoms with E-state index in [1.54, 1.807) is 0 Å². The summed E-state index contributed by atoms with van der Waals surface area (Å²) in [7, 11) is 0. The molecular weight excluding hydrogens is 345 g/mol. The third-order valence-electron chi connectivity index (χ3n) is 2.92. The molecule has 0 aliphatic rings. The van der Waals surface area contributed by atoms with E-state index in [1.807, 2.05) is 0 Å². The summed E-state index contributed by atoms with van der Waals surface area (Å²) in [6.07, 6.45) is 1.17. The van der Waals surface area contributed by atoms with Gasteiger partial charge in [0.2, 0.25) is 0 Å². The van der Waals surface area contributed by atoms with Crippen molar-refractivity contribution < 1.29 is 21.2 Å². The predicted molar refractivity (Wildman–Crippen MR) is 76.7 cm³/mol. The summed E-state index contributed by atoms with van der Waals surface area (Å²) in [5.74, 6) is 0.726. The molecule has 2 heteroatoms. The molecule has 0 saturated carbocycles. The quantitative estimate of drug-likeness (QED) is 0.766. The molecule has 0 bridgehead atoms. The normalized spacial score (nSPS) is 11.2.